The highest BCUT2D eigenvalue weighted by Gasteiger charge is 1.43. The van der Waals surface area contributed by atoms with Crippen LogP contribution in [0.3, 0.4) is 0 Å². The third-order valence-corrected chi connectivity index (χ3v) is 0.275. The van der Waals surface area contributed by atoms with Gasteiger partial charge in [0.1, 0.15) is 0 Å². The lowest BCUT2D eigenvalue weighted by atomic mass is 10.9. The molecule has 0 N–H and O–H groups in total. The average molecular weight is 89.5 g/mol. The van der Waals surface area contributed by atoms with E-state index in [1.165, 1.54) is 5.67 Å². The average Bonchev–Trinajstić information content (AvgIpc) is 1.41. The first-order valence-electron chi connectivity index (χ1n) is 1.20. The molecule has 0 fully saturated rings. The fourth-order valence-corrected chi connectivity index (χ4v) is 0.146. The minimum atomic E-state index is 1.17. The SMILES string of the molecule is C[C-]=[N+]=CCl. The van der Waals surface area contributed by atoms with Crippen molar-refractivity contribution in [1.29, 1.82) is 0 Å². The van der Waals surface area contributed by atoms with Crippen molar-refractivity contribution in [3.63, 3.8) is 0 Å². The van der Waals surface area contributed by atoms with Gasteiger partial charge in [-0.25, -0.2) is 0 Å². The number of hydrogen-bond acceptors (Lipinski definition) is 0. The van der Waals surface area contributed by atoms with Gasteiger partial charge in [0, 0.05) is 0 Å². The molecule has 0 saturated heterocycles. The number of hydrogen-bond donors (Lipinski definition) is 0. The van der Waals surface area contributed by atoms with Crippen molar-refractivity contribution in [3.05, 3.63) is 0 Å². The van der Waals surface area contributed by atoms with E-state index in [1.54, 1.807) is 6.92 Å². The highest BCUT2D eigenvalue weighted by Crippen LogP contribution is 1.43. The van der Waals surface area contributed by atoms with Gasteiger partial charge in [0.05, 0.1) is 0 Å². The third-order valence-electron chi connectivity index (χ3n) is 0.178. The van der Waals surface area contributed by atoms with E-state index in [1.807, 2.05) is 0 Å². The fourth-order valence-electron chi connectivity index (χ4n) is 0.0488. The van der Waals surface area contributed by atoms with Gasteiger partial charge in [-0.1, -0.05) is 0 Å². The molecule has 0 saturated carbocycles. The first-order chi connectivity index (χ1) is 2.41. The quantitative estimate of drug-likeness (QED) is 0.230. The molecule has 0 atom stereocenters. The molecule has 1 nitrogen and oxygen atoms in total. The highest BCUT2D eigenvalue weighted by molar-refractivity contribution is 6.56. The monoisotopic (exact) mass is 89.0 g/mol. The first kappa shape index (κ1) is 4.74. The van der Waals surface area contributed by atoms with E-state index in [4.69, 9.17) is 11.6 Å². The summed E-state index contributed by atoms with van der Waals surface area (Å²) in [5, 5.41) is 0. The lowest BCUT2D eigenvalue weighted by molar-refractivity contribution is 1.72. The topological polar surface area (TPSA) is 14.1 Å². The van der Waals surface area contributed by atoms with Gasteiger partial charge in [-0.15, -0.1) is 11.6 Å². The van der Waals surface area contributed by atoms with Crippen LogP contribution >= 0.6 is 11.6 Å². The van der Waals surface area contributed by atoms with Crippen LogP contribution in [0.25, 0.3) is 0 Å². The second-order valence-electron chi connectivity index (χ2n) is 0.450. The molecule has 0 unspecified atom stereocenters. The molecule has 0 spiro atoms. The van der Waals surface area contributed by atoms with Gasteiger partial charge >= 0.3 is 0 Å². The maximum Gasteiger partial charge on any atom is 0.206 e. The zero-order valence-electron chi connectivity index (χ0n) is 2.90. The van der Waals surface area contributed by atoms with E-state index in [9.17, 15) is 0 Å². The number of rotatable bonds is 0. The Hall–Kier alpha value is -0.260. The van der Waals surface area contributed by atoms with Crippen LogP contribution in [0.1, 0.15) is 6.92 Å². The van der Waals surface area contributed by atoms with Crippen LogP contribution < -0.4 is 4.67 Å². The largest absolute Gasteiger partial charge is 0.278 e. The third kappa shape index (κ3) is 3.74. The molecule has 0 rings (SSSR count). The maximum atomic E-state index is 4.95. The molecule has 5 heavy (non-hydrogen) atoms. The molecular weight excluding hydrogens is 85.5 g/mol. The molecular formula is C3H4ClN. The summed E-state index contributed by atoms with van der Waals surface area (Å²) in [7, 11) is 0. The summed E-state index contributed by atoms with van der Waals surface area (Å²) in [5.41, 5.74) is 1.17. The van der Waals surface area contributed by atoms with Crippen molar-refractivity contribution in [3.8, 4) is 0 Å². The Bertz CT molecular complexity index is 55.3. The molecule has 0 aromatic heterocycles. The minimum Gasteiger partial charge on any atom is -0.278 e. The van der Waals surface area contributed by atoms with Crippen molar-refractivity contribution in [2.75, 3.05) is 0 Å². The zero-order chi connectivity index (χ0) is 4.12. The molecule has 0 aromatic rings. The van der Waals surface area contributed by atoms with Crippen molar-refractivity contribution in [2.45, 2.75) is 6.92 Å². The second kappa shape index (κ2) is 3.74. The summed E-state index contributed by atoms with van der Waals surface area (Å²) in [6.45, 7) is 1.68. The van der Waals surface area contributed by atoms with Gasteiger partial charge in [-0.05, 0) is 6.92 Å². The van der Waals surface area contributed by atoms with Crippen molar-refractivity contribution >= 4 is 23.5 Å². The summed E-state index contributed by atoms with van der Waals surface area (Å²) in [6.07, 6.45) is 2.45. The van der Waals surface area contributed by atoms with Gasteiger partial charge in [-0.2, -0.15) is 0 Å². The molecule has 2 heteroatoms. The van der Waals surface area contributed by atoms with Crippen molar-refractivity contribution in [1.82, 2.24) is 4.67 Å². The van der Waals surface area contributed by atoms with E-state index in [2.05, 4.69) is 10.9 Å². The fraction of sp³-hybridized carbons (Fsp3) is 0.333. The van der Waals surface area contributed by atoms with Gasteiger partial charge in [0.15, 0.2) is 6.21 Å². The standard InChI is InChI=1S/C3H4ClN/c1-2-5-3-4/h3H,1H3. The zero-order valence-corrected chi connectivity index (χ0v) is 3.66. The Kier molecular flexibility index (Phi) is 3.55. The second-order valence-corrected chi connectivity index (χ2v) is 0.645. The lowest BCUT2D eigenvalue weighted by Crippen LogP contribution is -1.64. The minimum absolute atomic E-state index is 1.17. The molecule has 0 aliphatic carbocycles. The number of halogens is 1. The van der Waals surface area contributed by atoms with Gasteiger partial charge in [0.25, 0.3) is 0 Å². The summed E-state index contributed by atoms with van der Waals surface area (Å²) in [4.78, 5) is 0. The molecule has 0 aromatic carbocycles. The summed E-state index contributed by atoms with van der Waals surface area (Å²) in [5.74, 6) is 0. The van der Waals surface area contributed by atoms with Crippen LogP contribution in [0, 0.1) is 0 Å². The molecule has 0 bridgehead atoms. The Morgan fingerprint density at radius 3 is 2.60 bits per heavy atom. The van der Waals surface area contributed by atoms with E-state index in [0.29, 0.717) is 0 Å². The van der Waals surface area contributed by atoms with Gasteiger partial charge < -0.3 is 0 Å². The smallest absolute Gasteiger partial charge is 0.206 e. The van der Waals surface area contributed by atoms with E-state index in [0.717, 1.165) is 0 Å². The normalized spacial score (nSPS) is 5.20. The molecule has 0 heterocycles. The van der Waals surface area contributed by atoms with Gasteiger partial charge in [-0.3, -0.25) is 4.67 Å². The van der Waals surface area contributed by atoms with Crippen LogP contribution in [-0.2, 0) is 0 Å². The number of nitrogens with zero attached hydrogens (tertiary/aromatic N) is 1. The van der Waals surface area contributed by atoms with E-state index in [-0.39, 0.29) is 0 Å². The maximum absolute atomic E-state index is 4.95. The molecule has 28 valence electrons. The molecule has 0 radical (unpaired) electrons. The predicted molar refractivity (Wildman–Crippen MR) is 24.7 cm³/mol. The first-order valence-corrected chi connectivity index (χ1v) is 1.64. The Morgan fingerprint density at radius 1 is 2.00 bits per heavy atom. The van der Waals surface area contributed by atoms with Crippen molar-refractivity contribution < 1.29 is 0 Å². The van der Waals surface area contributed by atoms with Crippen LogP contribution in [0.4, 0.5) is 0 Å². The predicted octanol–water partition coefficient (Wildman–Crippen LogP) is 0.288. The highest BCUT2D eigenvalue weighted by atomic mass is 35.5. The van der Waals surface area contributed by atoms with Crippen molar-refractivity contribution in [2.24, 2.45) is 0 Å². The lowest BCUT2D eigenvalue weighted by Gasteiger charge is -1.43. The summed E-state index contributed by atoms with van der Waals surface area (Å²) >= 11 is 4.95. The summed E-state index contributed by atoms with van der Waals surface area (Å²) < 4.78 is 3.36. The Labute approximate surface area is 36.0 Å². The van der Waals surface area contributed by atoms with E-state index >= 15 is 0 Å². The van der Waals surface area contributed by atoms with Crippen LogP contribution in [0.5, 0.6) is 0 Å². The molecule has 0 aliphatic rings. The van der Waals surface area contributed by atoms with Crippen LogP contribution in [0.2, 0.25) is 0 Å². The van der Waals surface area contributed by atoms with Gasteiger partial charge in [0.2, 0.25) is 5.67 Å². The Morgan fingerprint density at radius 2 is 2.60 bits per heavy atom. The molecule has 0 amide bonds. The Balaban J connectivity index is 3.26. The van der Waals surface area contributed by atoms with Crippen LogP contribution in [-0.4, -0.2) is 11.9 Å². The van der Waals surface area contributed by atoms with Crippen LogP contribution in [0.15, 0.2) is 0 Å². The molecule has 0 aliphatic heterocycles. The summed E-state index contributed by atoms with van der Waals surface area (Å²) in [6, 6.07) is 0. The van der Waals surface area contributed by atoms with E-state index < -0.39 is 0 Å².